The molecule has 0 bridgehead atoms. The van der Waals surface area contributed by atoms with Crippen LogP contribution in [0.4, 0.5) is 5.69 Å². The van der Waals surface area contributed by atoms with Crippen molar-refractivity contribution in [3.05, 3.63) is 58.6 Å². The molecule has 0 saturated carbocycles. The van der Waals surface area contributed by atoms with Crippen molar-refractivity contribution >= 4 is 17.3 Å². The number of aryl methyl sites for hydroxylation is 1. The number of hydrogen-bond donors (Lipinski definition) is 1. The van der Waals surface area contributed by atoms with E-state index in [0.717, 1.165) is 11.3 Å². The Labute approximate surface area is 112 Å². The molecule has 0 aliphatic heterocycles. The molecule has 2 aromatic carbocycles. The minimum Gasteiger partial charge on any atom is -0.506 e. The maximum Gasteiger partial charge on any atom is 0.139 e. The van der Waals surface area contributed by atoms with Crippen LogP contribution in [0.25, 0.3) is 0 Å². The van der Waals surface area contributed by atoms with E-state index < -0.39 is 0 Å². The molecule has 0 spiro atoms. The average molecular weight is 262 g/mol. The van der Waals surface area contributed by atoms with Crippen LogP contribution in [0.3, 0.4) is 0 Å². The van der Waals surface area contributed by atoms with Gasteiger partial charge in [0, 0.05) is 24.8 Å². The summed E-state index contributed by atoms with van der Waals surface area (Å²) in [5.41, 5.74) is 3.19. The van der Waals surface area contributed by atoms with Gasteiger partial charge in [-0.15, -0.1) is 0 Å². The molecular weight excluding hydrogens is 246 g/mol. The second-order valence-electron chi connectivity index (χ2n) is 4.39. The van der Waals surface area contributed by atoms with Gasteiger partial charge in [0.1, 0.15) is 5.75 Å². The zero-order chi connectivity index (χ0) is 13.1. The zero-order valence-electron chi connectivity index (χ0n) is 10.5. The highest BCUT2D eigenvalue weighted by Crippen LogP contribution is 2.29. The Morgan fingerprint density at radius 2 is 1.83 bits per heavy atom. The molecule has 0 atom stereocenters. The first-order valence-electron chi connectivity index (χ1n) is 5.82. The molecule has 0 heterocycles. The number of phenols is 1. The molecule has 0 aliphatic rings. The van der Waals surface area contributed by atoms with Crippen LogP contribution >= 0.6 is 11.6 Å². The molecule has 0 fully saturated rings. The topological polar surface area (TPSA) is 23.5 Å². The predicted octanol–water partition coefficient (Wildman–Crippen LogP) is 3.99. The lowest BCUT2D eigenvalue weighted by Crippen LogP contribution is -2.17. The van der Waals surface area contributed by atoms with Gasteiger partial charge in [0.25, 0.3) is 0 Å². The fourth-order valence-electron chi connectivity index (χ4n) is 2.02. The van der Waals surface area contributed by atoms with E-state index in [9.17, 15) is 5.11 Å². The van der Waals surface area contributed by atoms with Gasteiger partial charge in [0.15, 0.2) is 0 Å². The Hall–Kier alpha value is -1.67. The van der Waals surface area contributed by atoms with Crippen LogP contribution in [0.5, 0.6) is 5.75 Å². The Bertz CT molecular complexity index is 554. The van der Waals surface area contributed by atoms with Crippen molar-refractivity contribution in [3.8, 4) is 5.75 Å². The molecule has 1 N–H and O–H groups in total. The van der Waals surface area contributed by atoms with Crippen LogP contribution in [0, 0.1) is 6.92 Å². The van der Waals surface area contributed by atoms with E-state index in [4.69, 9.17) is 11.6 Å². The monoisotopic (exact) mass is 261 g/mol. The van der Waals surface area contributed by atoms with Crippen molar-refractivity contribution < 1.29 is 5.11 Å². The standard InChI is InChI=1S/C15H16ClNO/c1-11-6-3-4-9-14(11)17(2)10-12-7-5-8-13(16)15(12)18/h3-9,18H,10H2,1-2H3. The van der Waals surface area contributed by atoms with E-state index >= 15 is 0 Å². The van der Waals surface area contributed by atoms with Crippen molar-refractivity contribution in [1.82, 2.24) is 0 Å². The summed E-state index contributed by atoms with van der Waals surface area (Å²) in [6.45, 7) is 2.70. The molecule has 18 heavy (non-hydrogen) atoms. The van der Waals surface area contributed by atoms with Crippen LogP contribution < -0.4 is 4.90 Å². The van der Waals surface area contributed by atoms with Crippen molar-refractivity contribution in [2.75, 3.05) is 11.9 Å². The third-order valence-corrected chi connectivity index (χ3v) is 3.31. The molecule has 0 aromatic heterocycles. The van der Waals surface area contributed by atoms with Crippen LogP contribution in [-0.2, 0) is 6.54 Å². The fourth-order valence-corrected chi connectivity index (χ4v) is 2.21. The van der Waals surface area contributed by atoms with Gasteiger partial charge in [0.05, 0.1) is 5.02 Å². The highest BCUT2D eigenvalue weighted by atomic mass is 35.5. The SMILES string of the molecule is Cc1ccccc1N(C)Cc1cccc(Cl)c1O. The van der Waals surface area contributed by atoms with Gasteiger partial charge in [-0.1, -0.05) is 41.9 Å². The molecule has 0 radical (unpaired) electrons. The molecular formula is C15H16ClNO. The van der Waals surface area contributed by atoms with E-state index in [1.807, 2.05) is 31.3 Å². The lowest BCUT2D eigenvalue weighted by molar-refractivity contribution is 0.468. The number of phenolic OH excluding ortho intramolecular Hbond substituents is 1. The zero-order valence-corrected chi connectivity index (χ0v) is 11.3. The van der Waals surface area contributed by atoms with Gasteiger partial charge in [0.2, 0.25) is 0 Å². The van der Waals surface area contributed by atoms with Gasteiger partial charge in [-0.2, -0.15) is 0 Å². The van der Waals surface area contributed by atoms with E-state index in [2.05, 4.69) is 24.0 Å². The van der Waals surface area contributed by atoms with Crippen molar-refractivity contribution in [1.29, 1.82) is 0 Å². The third kappa shape index (κ3) is 2.59. The van der Waals surface area contributed by atoms with Gasteiger partial charge < -0.3 is 10.0 Å². The van der Waals surface area contributed by atoms with E-state index in [-0.39, 0.29) is 5.75 Å². The van der Waals surface area contributed by atoms with Gasteiger partial charge in [-0.25, -0.2) is 0 Å². The number of para-hydroxylation sites is 2. The number of anilines is 1. The summed E-state index contributed by atoms with van der Waals surface area (Å²) < 4.78 is 0. The minimum absolute atomic E-state index is 0.166. The summed E-state index contributed by atoms with van der Waals surface area (Å²) in [5.74, 6) is 0.166. The van der Waals surface area contributed by atoms with E-state index in [1.165, 1.54) is 5.56 Å². The van der Waals surface area contributed by atoms with Gasteiger partial charge in [-0.05, 0) is 24.6 Å². The lowest BCUT2D eigenvalue weighted by Gasteiger charge is -2.22. The van der Waals surface area contributed by atoms with E-state index in [0.29, 0.717) is 11.6 Å². The molecule has 2 rings (SSSR count). The number of halogens is 1. The number of rotatable bonds is 3. The third-order valence-electron chi connectivity index (χ3n) is 3.00. The number of aromatic hydroxyl groups is 1. The van der Waals surface area contributed by atoms with Crippen LogP contribution in [0.15, 0.2) is 42.5 Å². The Morgan fingerprint density at radius 1 is 1.11 bits per heavy atom. The first-order valence-corrected chi connectivity index (χ1v) is 6.20. The molecule has 0 saturated heterocycles. The lowest BCUT2D eigenvalue weighted by atomic mass is 10.1. The summed E-state index contributed by atoms with van der Waals surface area (Å²) in [6.07, 6.45) is 0. The minimum atomic E-state index is 0.166. The second kappa shape index (κ2) is 5.32. The van der Waals surface area contributed by atoms with Crippen molar-refractivity contribution in [2.45, 2.75) is 13.5 Å². The van der Waals surface area contributed by atoms with E-state index in [1.54, 1.807) is 6.07 Å². The first-order chi connectivity index (χ1) is 8.59. The molecule has 2 aromatic rings. The fraction of sp³-hybridized carbons (Fsp3) is 0.200. The summed E-state index contributed by atoms with van der Waals surface area (Å²) in [4.78, 5) is 2.10. The molecule has 0 aliphatic carbocycles. The smallest absolute Gasteiger partial charge is 0.139 e. The highest BCUT2D eigenvalue weighted by Gasteiger charge is 2.09. The number of nitrogens with zero attached hydrogens (tertiary/aromatic N) is 1. The summed E-state index contributed by atoms with van der Waals surface area (Å²) in [6, 6.07) is 13.6. The molecule has 3 heteroatoms. The molecule has 0 amide bonds. The quantitative estimate of drug-likeness (QED) is 0.903. The molecule has 2 nitrogen and oxygen atoms in total. The normalized spacial score (nSPS) is 10.4. The molecule has 94 valence electrons. The van der Waals surface area contributed by atoms with Crippen LogP contribution in [-0.4, -0.2) is 12.2 Å². The Balaban J connectivity index is 2.24. The Kier molecular flexibility index (Phi) is 3.78. The van der Waals surface area contributed by atoms with Gasteiger partial charge in [-0.3, -0.25) is 0 Å². The summed E-state index contributed by atoms with van der Waals surface area (Å²) in [7, 11) is 2.00. The first kappa shape index (κ1) is 12.8. The van der Waals surface area contributed by atoms with Crippen molar-refractivity contribution in [3.63, 3.8) is 0 Å². The molecule has 0 unspecified atom stereocenters. The maximum absolute atomic E-state index is 9.90. The van der Waals surface area contributed by atoms with Crippen LogP contribution in [0.1, 0.15) is 11.1 Å². The number of benzene rings is 2. The maximum atomic E-state index is 9.90. The average Bonchev–Trinajstić information content (AvgIpc) is 2.35. The number of hydrogen-bond acceptors (Lipinski definition) is 2. The highest BCUT2D eigenvalue weighted by molar-refractivity contribution is 6.32. The largest absolute Gasteiger partial charge is 0.506 e. The summed E-state index contributed by atoms with van der Waals surface area (Å²) in [5, 5.41) is 10.3. The second-order valence-corrected chi connectivity index (χ2v) is 4.80. The summed E-state index contributed by atoms with van der Waals surface area (Å²) >= 11 is 5.91. The predicted molar refractivity (Wildman–Crippen MR) is 76.4 cm³/mol. The Morgan fingerprint density at radius 3 is 2.56 bits per heavy atom. The van der Waals surface area contributed by atoms with Crippen LogP contribution in [0.2, 0.25) is 5.02 Å². The van der Waals surface area contributed by atoms with Crippen molar-refractivity contribution in [2.24, 2.45) is 0 Å². The van der Waals surface area contributed by atoms with Gasteiger partial charge >= 0.3 is 0 Å².